The van der Waals surface area contributed by atoms with Gasteiger partial charge in [-0.25, -0.2) is 0 Å². The average Bonchev–Trinajstić information content (AvgIpc) is 3.52. The van der Waals surface area contributed by atoms with Crippen molar-refractivity contribution in [2.24, 2.45) is 0 Å². The molecule has 4 aromatic rings. The van der Waals surface area contributed by atoms with Gasteiger partial charge in [0.05, 0.1) is 23.4 Å². The van der Waals surface area contributed by atoms with E-state index in [2.05, 4.69) is 54.1 Å². The van der Waals surface area contributed by atoms with Gasteiger partial charge < -0.3 is 9.64 Å². The van der Waals surface area contributed by atoms with Gasteiger partial charge in [0.15, 0.2) is 11.5 Å². The summed E-state index contributed by atoms with van der Waals surface area (Å²) < 4.78 is 7.41. The zero-order valence-corrected chi connectivity index (χ0v) is 19.2. The standard InChI is InChI=1S/C24H27N5OS/c1-24(2,3)21-18(15-16-11-12-20(31-16)28-13-7-8-14-28)23-26-25-22(29(23)27-21)17-9-5-6-10-19(17)30-4/h5-6,9-12,15H,7-8,13-14H2,1-4H3. The Labute approximate surface area is 186 Å². The van der Waals surface area contributed by atoms with Crippen LogP contribution in [0.3, 0.4) is 0 Å². The number of benzene rings is 1. The van der Waals surface area contributed by atoms with E-state index in [4.69, 9.17) is 9.84 Å². The topological polar surface area (TPSA) is 55.6 Å². The van der Waals surface area contributed by atoms with Crippen molar-refractivity contribution in [2.75, 3.05) is 25.1 Å². The van der Waals surface area contributed by atoms with Gasteiger partial charge in [0, 0.05) is 28.6 Å². The van der Waals surface area contributed by atoms with Crippen molar-refractivity contribution in [1.29, 1.82) is 0 Å². The minimum atomic E-state index is -0.125. The monoisotopic (exact) mass is 433 g/mol. The number of para-hydroxylation sites is 1. The molecule has 0 spiro atoms. The van der Waals surface area contributed by atoms with Crippen molar-refractivity contribution < 1.29 is 4.74 Å². The number of thiophene rings is 1. The Bertz CT molecular complexity index is 1280. The molecule has 7 heteroatoms. The summed E-state index contributed by atoms with van der Waals surface area (Å²) in [6.07, 6.45) is 4.78. The summed E-state index contributed by atoms with van der Waals surface area (Å²) in [5.74, 6) is 1.46. The van der Waals surface area contributed by atoms with Crippen LogP contribution in [0.1, 0.15) is 44.2 Å². The van der Waals surface area contributed by atoms with Crippen molar-refractivity contribution >= 4 is 28.1 Å². The van der Waals surface area contributed by atoms with Crippen molar-refractivity contribution in [1.82, 2.24) is 19.8 Å². The van der Waals surface area contributed by atoms with Crippen molar-refractivity contribution in [3.63, 3.8) is 0 Å². The number of rotatable bonds is 4. The van der Waals surface area contributed by atoms with Gasteiger partial charge in [-0.1, -0.05) is 32.9 Å². The smallest absolute Gasteiger partial charge is 0.189 e. The second-order valence-corrected chi connectivity index (χ2v) is 10.1. The van der Waals surface area contributed by atoms with Crippen LogP contribution in [0.15, 0.2) is 36.4 Å². The van der Waals surface area contributed by atoms with Crippen LogP contribution in [0.4, 0.5) is 5.00 Å². The number of methoxy groups -OCH3 is 1. The molecule has 3 aromatic heterocycles. The highest BCUT2D eigenvalue weighted by Gasteiger charge is 2.25. The van der Waals surface area contributed by atoms with Crippen molar-refractivity contribution in [3.8, 4) is 17.1 Å². The van der Waals surface area contributed by atoms with Gasteiger partial charge in [-0.05, 0) is 43.2 Å². The first-order chi connectivity index (χ1) is 15.0. The normalized spacial score (nSPS) is 15.4. The Balaban J connectivity index is 1.67. The van der Waals surface area contributed by atoms with E-state index in [1.165, 1.54) is 22.7 Å². The van der Waals surface area contributed by atoms with Gasteiger partial charge in [-0.15, -0.1) is 21.5 Å². The maximum Gasteiger partial charge on any atom is 0.189 e. The second-order valence-electron chi connectivity index (χ2n) is 8.99. The minimum Gasteiger partial charge on any atom is -0.496 e. The minimum absolute atomic E-state index is 0.125. The van der Waals surface area contributed by atoms with E-state index in [-0.39, 0.29) is 5.41 Å². The number of aromatic nitrogens is 4. The quantitative estimate of drug-likeness (QED) is 0.480. The van der Waals surface area contributed by atoms with Crippen LogP contribution >= 0.6 is 11.3 Å². The summed E-state index contributed by atoms with van der Waals surface area (Å²) in [6.45, 7) is 8.87. The summed E-state index contributed by atoms with van der Waals surface area (Å²) in [5, 5.41) is 16.4. The van der Waals surface area contributed by atoms with E-state index >= 15 is 0 Å². The van der Waals surface area contributed by atoms with E-state index in [1.807, 2.05) is 40.1 Å². The van der Waals surface area contributed by atoms with Crippen LogP contribution in [0.2, 0.25) is 0 Å². The van der Waals surface area contributed by atoms with E-state index in [9.17, 15) is 0 Å². The molecule has 0 radical (unpaired) electrons. The molecule has 1 fully saturated rings. The zero-order valence-electron chi connectivity index (χ0n) is 18.4. The van der Waals surface area contributed by atoms with Crippen LogP contribution in [0.5, 0.6) is 5.75 Å². The van der Waals surface area contributed by atoms with E-state index in [0.717, 1.165) is 41.0 Å². The zero-order chi connectivity index (χ0) is 21.6. The van der Waals surface area contributed by atoms with E-state index in [0.29, 0.717) is 5.82 Å². The molecule has 0 bridgehead atoms. The van der Waals surface area contributed by atoms with Gasteiger partial charge in [-0.2, -0.15) is 9.61 Å². The summed E-state index contributed by atoms with van der Waals surface area (Å²) in [5.41, 5.74) is 2.56. The predicted molar refractivity (Wildman–Crippen MR) is 126 cm³/mol. The largest absolute Gasteiger partial charge is 0.496 e. The summed E-state index contributed by atoms with van der Waals surface area (Å²) in [6, 6.07) is 12.3. The third kappa shape index (κ3) is 3.57. The molecule has 1 aliphatic rings. The molecule has 0 N–H and O–H groups in total. The number of anilines is 1. The van der Waals surface area contributed by atoms with Crippen molar-refractivity contribution in [3.05, 3.63) is 52.2 Å². The molecule has 5 rings (SSSR count). The Morgan fingerprint density at radius 3 is 2.55 bits per heavy atom. The molecular formula is C24H27N5OS. The number of hydrogen-bond donors (Lipinski definition) is 0. The Hall–Kier alpha value is -2.93. The lowest BCUT2D eigenvalue weighted by Crippen LogP contribution is -2.22. The molecule has 0 atom stereocenters. The molecule has 160 valence electrons. The molecule has 31 heavy (non-hydrogen) atoms. The lowest BCUT2D eigenvalue weighted by Gasteiger charge is -2.15. The number of hydrogen-bond acceptors (Lipinski definition) is 6. The first kappa shape index (κ1) is 20.0. The predicted octanol–water partition coefficient (Wildman–Crippen LogP) is 4.31. The second kappa shape index (κ2) is 7.64. The number of fused-ring (bicyclic) bond motifs is 1. The van der Waals surface area contributed by atoms with Crippen LogP contribution in [0, 0.1) is 0 Å². The molecule has 1 aromatic carbocycles. The Kier molecular flexibility index (Phi) is 4.93. The number of nitrogens with zero attached hydrogens (tertiary/aromatic N) is 5. The van der Waals surface area contributed by atoms with Crippen LogP contribution < -0.4 is 14.9 Å². The Morgan fingerprint density at radius 1 is 1.03 bits per heavy atom. The highest BCUT2D eigenvalue weighted by atomic mass is 32.1. The summed E-state index contributed by atoms with van der Waals surface area (Å²) in [4.78, 5) is 3.69. The molecule has 0 unspecified atom stereocenters. The van der Waals surface area contributed by atoms with Crippen LogP contribution in [-0.2, 0) is 5.41 Å². The first-order valence-electron chi connectivity index (χ1n) is 10.7. The van der Waals surface area contributed by atoms with E-state index in [1.54, 1.807) is 7.11 Å². The third-order valence-electron chi connectivity index (χ3n) is 5.71. The van der Waals surface area contributed by atoms with Gasteiger partial charge in [0.25, 0.3) is 0 Å². The maximum absolute atomic E-state index is 5.55. The van der Waals surface area contributed by atoms with Gasteiger partial charge in [-0.3, -0.25) is 0 Å². The maximum atomic E-state index is 5.55. The Morgan fingerprint density at radius 2 is 1.81 bits per heavy atom. The van der Waals surface area contributed by atoms with E-state index < -0.39 is 0 Å². The summed E-state index contributed by atoms with van der Waals surface area (Å²) in [7, 11) is 1.67. The van der Waals surface area contributed by atoms with Crippen LogP contribution in [0.25, 0.3) is 23.1 Å². The average molecular weight is 434 g/mol. The summed E-state index contributed by atoms with van der Waals surface area (Å²) >= 11 is 1.83. The lowest BCUT2D eigenvalue weighted by atomic mass is 9.91. The van der Waals surface area contributed by atoms with Gasteiger partial charge >= 0.3 is 0 Å². The highest BCUT2D eigenvalue weighted by Crippen LogP contribution is 2.31. The van der Waals surface area contributed by atoms with Crippen molar-refractivity contribution in [2.45, 2.75) is 39.0 Å². The highest BCUT2D eigenvalue weighted by molar-refractivity contribution is 7.16. The molecule has 0 saturated carbocycles. The fourth-order valence-corrected chi connectivity index (χ4v) is 5.16. The first-order valence-corrected chi connectivity index (χ1v) is 11.5. The molecule has 1 aliphatic heterocycles. The molecule has 6 nitrogen and oxygen atoms in total. The molecule has 1 saturated heterocycles. The fourth-order valence-electron chi connectivity index (χ4n) is 4.16. The molecule has 4 heterocycles. The van der Waals surface area contributed by atoms with Gasteiger partial charge in [0.2, 0.25) is 0 Å². The molecular weight excluding hydrogens is 406 g/mol. The van der Waals surface area contributed by atoms with Crippen LogP contribution in [-0.4, -0.2) is 40.0 Å². The molecule has 0 amide bonds. The number of ether oxygens (including phenoxy) is 1. The lowest BCUT2D eigenvalue weighted by molar-refractivity contribution is 0.416. The van der Waals surface area contributed by atoms with Gasteiger partial charge in [0.1, 0.15) is 5.75 Å². The fraction of sp³-hybridized carbons (Fsp3) is 0.375. The molecule has 0 aliphatic carbocycles. The SMILES string of the molecule is COc1ccccc1-c1nnc2c(=Cc3ccc(N4CCCC4)s3)c(C(C)(C)C)nn12. The third-order valence-corrected chi connectivity index (χ3v) is 6.80.